The van der Waals surface area contributed by atoms with Crippen molar-refractivity contribution < 1.29 is 4.79 Å². The van der Waals surface area contributed by atoms with Crippen LogP contribution in [0.25, 0.3) is 0 Å². The van der Waals surface area contributed by atoms with Gasteiger partial charge in [-0.15, -0.1) is 11.8 Å². The average molecular weight is 300 g/mol. The van der Waals surface area contributed by atoms with Crippen molar-refractivity contribution in [1.82, 2.24) is 0 Å². The molecule has 2 nitrogen and oxygen atoms in total. The van der Waals surface area contributed by atoms with E-state index in [9.17, 15) is 4.79 Å². The molecule has 0 fully saturated rings. The van der Waals surface area contributed by atoms with E-state index in [0.717, 1.165) is 30.3 Å². The molecule has 1 atom stereocenters. The second-order valence-corrected chi connectivity index (χ2v) is 5.81. The lowest BCUT2D eigenvalue weighted by Gasteiger charge is -2.23. The summed E-state index contributed by atoms with van der Waals surface area (Å²) in [6.07, 6.45) is 3.18. The van der Waals surface area contributed by atoms with E-state index in [1.54, 1.807) is 11.8 Å². The minimum atomic E-state index is 0.0777. The third-order valence-corrected chi connectivity index (χ3v) is 4.46. The molecule has 0 saturated carbocycles. The lowest BCUT2D eigenvalue weighted by atomic mass is 10.2. The lowest BCUT2D eigenvalue weighted by molar-refractivity contribution is -0.115. The SMILES string of the molecule is O=C1Nc2ccccc2SC1CCCCBr. The summed E-state index contributed by atoms with van der Waals surface area (Å²) in [7, 11) is 0. The summed E-state index contributed by atoms with van der Waals surface area (Å²) in [5.41, 5.74) is 0.953. The standard InChI is InChI=1S/C12H14BrNOS/c13-8-4-3-7-11-12(15)14-9-5-1-2-6-10(9)16-11/h1-2,5-6,11H,3-4,7-8H2,(H,14,15). The van der Waals surface area contributed by atoms with E-state index in [4.69, 9.17) is 0 Å². The van der Waals surface area contributed by atoms with Gasteiger partial charge in [-0.1, -0.05) is 34.5 Å². The molecule has 0 spiro atoms. The molecule has 1 N–H and O–H groups in total. The van der Waals surface area contributed by atoms with Crippen molar-refractivity contribution >= 4 is 39.3 Å². The lowest BCUT2D eigenvalue weighted by Crippen LogP contribution is -2.28. The van der Waals surface area contributed by atoms with E-state index in [0.29, 0.717) is 0 Å². The number of thioether (sulfide) groups is 1. The van der Waals surface area contributed by atoms with Crippen LogP contribution >= 0.6 is 27.7 Å². The van der Waals surface area contributed by atoms with Crippen LogP contribution in [0.1, 0.15) is 19.3 Å². The Morgan fingerprint density at radius 2 is 2.12 bits per heavy atom. The second-order valence-electron chi connectivity index (χ2n) is 3.78. The number of fused-ring (bicyclic) bond motifs is 1. The van der Waals surface area contributed by atoms with Gasteiger partial charge in [-0.05, 0) is 25.0 Å². The van der Waals surface area contributed by atoms with E-state index >= 15 is 0 Å². The fraction of sp³-hybridized carbons (Fsp3) is 0.417. The maximum Gasteiger partial charge on any atom is 0.237 e. The molecule has 2 rings (SSSR count). The van der Waals surface area contributed by atoms with Crippen molar-refractivity contribution in [3.8, 4) is 0 Å². The summed E-state index contributed by atoms with van der Waals surface area (Å²) in [4.78, 5) is 13.0. The zero-order valence-electron chi connectivity index (χ0n) is 8.91. The van der Waals surface area contributed by atoms with Gasteiger partial charge < -0.3 is 5.32 Å². The number of carbonyl (C=O) groups is 1. The van der Waals surface area contributed by atoms with Crippen molar-refractivity contribution in [2.45, 2.75) is 29.4 Å². The third-order valence-electron chi connectivity index (χ3n) is 2.56. The molecular formula is C12H14BrNOS. The molecule has 1 amide bonds. The first-order chi connectivity index (χ1) is 7.81. The molecule has 1 aliphatic heterocycles. The highest BCUT2D eigenvalue weighted by atomic mass is 79.9. The van der Waals surface area contributed by atoms with Crippen LogP contribution in [0.3, 0.4) is 0 Å². The Morgan fingerprint density at radius 1 is 1.31 bits per heavy atom. The molecule has 86 valence electrons. The molecule has 16 heavy (non-hydrogen) atoms. The predicted octanol–water partition coefficient (Wildman–Crippen LogP) is 3.66. The molecule has 1 aromatic rings. The Hall–Kier alpha value is -0.480. The van der Waals surface area contributed by atoms with Crippen molar-refractivity contribution in [1.29, 1.82) is 0 Å². The summed E-state index contributed by atoms with van der Waals surface area (Å²) in [6, 6.07) is 7.98. The monoisotopic (exact) mass is 299 g/mol. The first-order valence-electron chi connectivity index (χ1n) is 5.44. The van der Waals surface area contributed by atoms with Crippen molar-refractivity contribution in [2.24, 2.45) is 0 Å². The molecule has 0 aromatic heterocycles. The summed E-state index contributed by atoms with van der Waals surface area (Å²) in [6.45, 7) is 0. The number of amides is 1. The average Bonchev–Trinajstić information content (AvgIpc) is 2.30. The van der Waals surface area contributed by atoms with Crippen molar-refractivity contribution in [3.63, 3.8) is 0 Å². The van der Waals surface area contributed by atoms with Gasteiger partial charge >= 0.3 is 0 Å². The number of hydrogen-bond donors (Lipinski definition) is 1. The summed E-state index contributed by atoms with van der Waals surface area (Å²) < 4.78 is 0. The fourth-order valence-electron chi connectivity index (χ4n) is 1.71. The number of halogens is 1. The van der Waals surface area contributed by atoms with Gasteiger partial charge in [0.05, 0.1) is 10.9 Å². The van der Waals surface area contributed by atoms with Crippen molar-refractivity contribution in [3.05, 3.63) is 24.3 Å². The number of rotatable bonds is 4. The fourth-order valence-corrected chi connectivity index (χ4v) is 3.26. The van der Waals surface area contributed by atoms with E-state index < -0.39 is 0 Å². The third kappa shape index (κ3) is 2.80. The Kier molecular flexibility index (Phi) is 4.29. The van der Waals surface area contributed by atoms with Gasteiger partial charge in [0.25, 0.3) is 0 Å². The zero-order valence-corrected chi connectivity index (χ0v) is 11.3. The maximum atomic E-state index is 11.8. The molecule has 0 saturated heterocycles. The summed E-state index contributed by atoms with van der Waals surface area (Å²) >= 11 is 5.10. The molecule has 1 heterocycles. The second kappa shape index (κ2) is 5.73. The van der Waals surface area contributed by atoms with E-state index in [1.807, 2.05) is 18.2 Å². The molecule has 1 aromatic carbocycles. The molecule has 0 bridgehead atoms. The Labute approximate surface area is 108 Å². The topological polar surface area (TPSA) is 29.1 Å². The Balaban J connectivity index is 2.01. The number of nitrogens with one attached hydrogen (secondary N) is 1. The van der Waals surface area contributed by atoms with Crippen molar-refractivity contribution in [2.75, 3.05) is 10.6 Å². The normalized spacial score (nSPS) is 19.1. The number of unbranched alkanes of at least 4 members (excludes halogenated alkanes) is 1. The predicted molar refractivity (Wildman–Crippen MR) is 72.4 cm³/mol. The van der Waals surface area contributed by atoms with Gasteiger partial charge in [-0.3, -0.25) is 4.79 Å². The molecule has 0 radical (unpaired) electrons. The highest BCUT2D eigenvalue weighted by molar-refractivity contribution is 9.09. The minimum Gasteiger partial charge on any atom is -0.324 e. The highest BCUT2D eigenvalue weighted by Gasteiger charge is 2.25. The Morgan fingerprint density at radius 3 is 2.94 bits per heavy atom. The van der Waals surface area contributed by atoms with E-state index in [-0.39, 0.29) is 11.2 Å². The number of benzene rings is 1. The zero-order chi connectivity index (χ0) is 11.4. The number of para-hydroxylation sites is 1. The van der Waals surface area contributed by atoms with Gasteiger partial charge in [0.15, 0.2) is 0 Å². The molecule has 1 unspecified atom stereocenters. The van der Waals surface area contributed by atoms with Gasteiger partial charge in [-0.2, -0.15) is 0 Å². The maximum absolute atomic E-state index is 11.8. The minimum absolute atomic E-state index is 0.0777. The molecule has 0 aliphatic carbocycles. The summed E-state index contributed by atoms with van der Waals surface area (Å²) in [5.74, 6) is 0.151. The number of hydrogen-bond acceptors (Lipinski definition) is 2. The number of alkyl halides is 1. The van der Waals surface area contributed by atoms with Gasteiger partial charge in [0.2, 0.25) is 5.91 Å². The Bertz CT molecular complexity index is 383. The van der Waals surface area contributed by atoms with Crippen LogP contribution in [-0.2, 0) is 4.79 Å². The first kappa shape index (κ1) is 12.0. The van der Waals surface area contributed by atoms with Crippen LogP contribution < -0.4 is 5.32 Å². The van der Waals surface area contributed by atoms with Gasteiger partial charge in [-0.25, -0.2) is 0 Å². The van der Waals surface area contributed by atoms with E-state index in [1.165, 1.54) is 4.90 Å². The van der Waals surface area contributed by atoms with Crippen LogP contribution in [0.2, 0.25) is 0 Å². The van der Waals surface area contributed by atoms with Gasteiger partial charge in [0, 0.05) is 10.2 Å². The number of anilines is 1. The van der Waals surface area contributed by atoms with Gasteiger partial charge in [0.1, 0.15) is 0 Å². The van der Waals surface area contributed by atoms with Crippen LogP contribution in [0.5, 0.6) is 0 Å². The molecule has 1 aliphatic rings. The molecule has 4 heteroatoms. The smallest absolute Gasteiger partial charge is 0.237 e. The van der Waals surface area contributed by atoms with Crippen LogP contribution in [-0.4, -0.2) is 16.5 Å². The largest absolute Gasteiger partial charge is 0.324 e. The highest BCUT2D eigenvalue weighted by Crippen LogP contribution is 2.37. The summed E-state index contributed by atoms with van der Waals surface area (Å²) in [5, 5.41) is 4.06. The van der Waals surface area contributed by atoms with E-state index in [2.05, 4.69) is 27.3 Å². The quantitative estimate of drug-likeness (QED) is 0.679. The first-order valence-corrected chi connectivity index (χ1v) is 7.44. The van der Waals surface area contributed by atoms with Crippen LogP contribution in [0.15, 0.2) is 29.2 Å². The van der Waals surface area contributed by atoms with Crippen LogP contribution in [0, 0.1) is 0 Å². The number of carbonyl (C=O) groups excluding carboxylic acids is 1. The van der Waals surface area contributed by atoms with Crippen LogP contribution in [0.4, 0.5) is 5.69 Å². The molecular weight excluding hydrogens is 286 g/mol.